The fourth-order valence-electron chi connectivity index (χ4n) is 7.86. The Morgan fingerprint density at radius 2 is 1.94 bits per heavy atom. The molecule has 2 aromatic carbocycles. The number of phenolic OH excluding ortho intramolecular Hbond substituents is 1. The first-order valence-corrected chi connectivity index (χ1v) is 12.9. The van der Waals surface area contributed by atoms with Gasteiger partial charge in [0.25, 0.3) is 5.91 Å². The molecule has 2 aromatic rings. The zero-order valence-corrected chi connectivity index (χ0v) is 20.0. The van der Waals surface area contributed by atoms with Crippen molar-refractivity contribution in [3.63, 3.8) is 0 Å². The zero-order valence-electron chi connectivity index (χ0n) is 20.0. The van der Waals surface area contributed by atoms with E-state index >= 15 is 0 Å². The summed E-state index contributed by atoms with van der Waals surface area (Å²) < 4.78 is 6.13. The van der Waals surface area contributed by atoms with Crippen LogP contribution in [0.5, 0.6) is 11.5 Å². The van der Waals surface area contributed by atoms with E-state index < -0.39 is 23.2 Å². The molecule has 0 aromatic heterocycles. The molecule has 1 spiro atoms. The third-order valence-corrected chi connectivity index (χ3v) is 9.69. The Hall–Kier alpha value is -2.61. The van der Waals surface area contributed by atoms with E-state index in [2.05, 4.69) is 5.32 Å². The molecular formula is C28H32N2O5. The van der Waals surface area contributed by atoms with E-state index in [0.29, 0.717) is 56.0 Å². The second-order valence-corrected chi connectivity index (χ2v) is 11.6. The van der Waals surface area contributed by atoms with Gasteiger partial charge >= 0.3 is 0 Å². The summed E-state index contributed by atoms with van der Waals surface area (Å²) in [5, 5.41) is 40.7. The fourth-order valence-corrected chi connectivity index (χ4v) is 7.86. The molecule has 2 aliphatic heterocycles. The maximum absolute atomic E-state index is 14.3. The molecule has 5 aliphatic rings. The van der Waals surface area contributed by atoms with Crippen LogP contribution < -0.4 is 10.1 Å². The zero-order chi connectivity index (χ0) is 24.2. The molecule has 6 atom stereocenters. The second-order valence-electron chi connectivity index (χ2n) is 11.6. The third kappa shape index (κ3) is 2.80. The number of carbonyl (C=O) groups excluding carboxylic acids is 1. The number of likely N-dealkylation sites (tertiary alicyclic amines) is 1. The van der Waals surface area contributed by atoms with Crippen LogP contribution in [0.4, 0.5) is 0 Å². The number of nitrogens with one attached hydrogen (secondary N) is 1. The largest absolute Gasteiger partial charge is 0.632 e. The molecule has 2 unspecified atom stereocenters. The Labute approximate surface area is 204 Å². The molecule has 1 amide bonds. The fraction of sp³-hybridized carbons (Fsp3) is 0.536. The standard InChI is InChI=1S/C28H32N2O5/c1-16-2-6-18(7-3-16)26(32)29-20-10-11-28(33)22-14-19-8-9-21(31)24-23(19)27(28,25(20)35-24)12-13-30(22,34)15-17-4-5-17/h2-3,6-9,17,20,22,25,31,33H,4-5,10-15H2,1H3,(H,29,32)/t20-,22-,25+,27?,28-,30?/m1/s1. The summed E-state index contributed by atoms with van der Waals surface area (Å²) in [7, 11) is 0. The number of nitrogens with zero attached hydrogens (tertiary/aromatic N) is 1. The highest BCUT2D eigenvalue weighted by Gasteiger charge is 2.76. The Balaban J connectivity index is 1.31. The van der Waals surface area contributed by atoms with Gasteiger partial charge in [0.2, 0.25) is 0 Å². The van der Waals surface area contributed by atoms with E-state index in [1.165, 1.54) is 0 Å². The minimum Gasteiger partial charge on any atom is -0.632 e. The minimum absolute atomic E-state index is 0.0587. The van der Waals surface area contributed by atoms with Crippen LogP contribution in [0.15, 0.2) is 36.4 Å². The number of quaternary nitrogens is 1. The quantitative estimate of drug-likeness (QED) is 0.465. The SMILES string of the molecule is Cc1ccc(C(=O)N[C@@H]2CC[C@@]3(O)[C@H]4Cc5ccc(O)c6c5C3(CC[N+]4([O-])CC3CC3)[C@H]2O6)cc1. The third-order valence-electron chi connectivity index (χ3n) is 9.69. The van der Waals surface area contributed by atoms with Crippen molar-refractivity contribution in [2.45, 2.75) is 74.7 Å². The van der Waals surface area contributed by atoms with Gasteiger partial charge in [0, 0.05) is 29.9 Å². The molecule has 7 rings (SSSR count). The number of hydrogen-bond acceptors (Lipinski definition) is 5. The van der Waals surface area contributed by atoms with E-state index in [4.69, 9.17) is 4.74 Å². The highest BCUT2D eigenvalue weighted by Crippen LogP contribution is 2.66. The summed E-state index contributed by atoms with van der Waals surface area (Å²) in [6.45, 7) is 2.98. The van der Waals surface area contributed by atoms with Gasteiger partial charge in [0.1, 0.15) is 17.7 Å². The van der Waals surface area contributed by atoms with Gasteiger partial charge < -0.3 is 30.1 Å². The van der Waals surface area contributed by atoms with E-state index in [-0.39, 0.29) is 22.3 Å². The Morgan fingerprint density at radius 3 is 2.69 bits per heavy atom. The van der Waals surface area contributed by atoms with Crippen molar-refractivity contribution < 1.29 is 24.4 Å². The molecule has 2 saturated carbocycles. The molecule has 3 aliphatic carbocycles. The smallest absolute Gasteiger partial charge is 0.251 e. The molecule has 1 saturated heterocycles. The van der Waals surface area contributed by atoms with Gasteiger partial charge in [-0.25, -0.2) is 0 Å². The number of piperidine rings is 1. The van der Waals surface area contributed by atoms with Gasteiger partial charge in [0.05, 0.1) is 24.5 Å². The molecule has 35 heavy (non-hydrogen) atoms. The van der Waals surface area contributed by atoms with Crippen molar-refractivity contribution in [3.8, 4) is 11.5 Å². The maximum atomic E-state index is 14.3. The lowest BCUT2D eigenvalue weighted by molar-refractivity contribution is -0.924. The van der Waals surface area contributed by atoms with E-state index in [1.54, 1.807) is 6.07 Å². The predicted molar refractivity (Wildman–Crippen MR) is 129 cm³/mol. The number of aryl methyl sites for hydroxylation is 1. The average molecular weight is 477 g/mol. The van der Waals surface area contributed by atoms with Crippen molar-refractivity contribution in [2.75, 3.05) is 13.1 Å². The number of phenols is 1. The number of hydrogen-bond donors (Lipinski definition) is 3. The van der Waals surface area contributed by atoms with Crippen molar-refractivity contribution >= 4 is 5.91 Å². The van der Waals surface area contributed by atoms with Crippen molar-refractivity contribution in [3.05, 3.63) is 63.9 Å². The molecule has 3 fully saturated rings. The topological polar surface area (TPSA) is 102 Å². The summed E-state index contributed by atoms with van der Waals surface area (Å²) in [5.74, 6) is 0.770. The van der Waals surface area contributed by atoms with Crippen LogP contribution in [0.25, 0.3) is 0 Å². The lowest BCUT2D eigenvalue weighted by atomic mass is 9.48. The van der Waals surface area contributed by atoms with E-state index in [9.17, 15) is 20.2 Å². The van der Waals surface area contributed by atoms with Crippen LogP contribution in [0, 0.1) is 18.0 Å². The maximum Gasteiger partial charge on any atom is 0.251 e. The first-order valence-electron chi connectivity index (χ1n) is 12.9. The first kappa shape index (κ1) is 21.7. The Bertz CT molecular complexity index is 1230. The average Bonchev–Trinajstić information content (AvgIpc) is 3.56. The predicted octanol–water partition coefficient (Wildman–Crippen LogP) is 3.08. The van der Waals surface area contributed by atoms with Crippen LogP contribution in [-0.2, 0) is 11.8 Å². The summed E-state index contributed by atoms with van der Waals surface area (Å²) in [6, 6.07) is 10.2. The van der Waals surface area contributed by atoms with Gasteiger partial charge in [-0.15, -0.1) is 0 Å². The normalized spacial score (nSPS) is 38.4. The van der Waals surface area contributed by atoms with Crippen LogP contribution in [0.2, 0.25) is 0 Å². The number of amides is 1. The number of ether oxygens (including phenoxy) is 1. The molecule has 0 radical (unpaired) electrons. The number of rotatable bonds is 4. The molecular weight excluding hydrogens is 444 g/mol. The van der Waals surface area contributed by atoms with Gasteiger partial charge in [-0.1, -0.05) is 23.8 Å². The van der Waals surface area contributed by atoms with Gasteiger partial charge in [-0.3, -0.25) is 4.79 Å². The monoisotopic (exact) mass is 476 g/mol. The van der Waals surface area contributed by atoms with Crippen LogP contribution in [0.1, 0.15) is 59.2 Å². The number of carbonyl (C=O) groups is 1. The second kappa shape index (κ2) is 6.99. The van der Waals surface area contributed by atoms with Crippen LogP contribution >= 0.6 is 0 Å². The molecule has 7 heteroatoms. The number of hydroxylamine groups is 3. The molecule has 7 nitrogen and oxygen atoms in total. The summed E-state index contributed by atoms with van der Waals surface area (Å²) in [5.41, 5.74) is 1.49. The van der Waals surface area contributed by atoms with E-state index in [0.717, 1.165) is 29.5 Å². The molecule has 2 heterocycles. The summed E-state index contributed by atoms with van der Waals surface area (Å²) >= 11 is 0. The van der Waals surface area contributed by atoms with Crippen LogP contribution in [-0.4, -0.2) is 57.6 Å². The van der Waals surface area contributed by atoms with Crippen LogP contribution in [0.3, 0.4) is 0 Å². The molecule has 3 N–H and O–H groups in total. The Kier molecular flexibility index (Phi) is 4.33. The molecule has 2 bridgehead atoms. The van der Waals surface area contributed by atoms with Crippen molar-refractivity contribution in [1.29, 1.82) is 0 Å². The Morgan fingerprint density at radius 1 is 1.17 bits per heavy atom. The lowest BCUT2D eigenvalue weighted by Gasteiger charge is -2.68. The highest BCUT2D eigenvalue weighted by molar-refractivity contribution is 5.94. The van der Waals surface area contributed by atoms with Gasteiger partial charge in [-0.2, -0.15) is 0 Å². The minimum atomic E-state index is -1.23. The number of aromatic hydroxyl groups is 1. The van der Waals surface area contributed by atoms with Crippen molar-refractivity contribution in [1.82, 2.24) is 5.32 Å². The highest BCUT2D eigenvalue weighted by atomic mass is 16.6. The summed E-state index contributed by atoms with van der Waals surface area (Å²) in [4.78, 5) is 13.2. The van der Waals surface area contributed by atoms with Gasteiger partial charge in [-0.05, 0) is 56.4 Å². The first-order chi connectivity index (χ1) is 16.7. The number of benzene rings is 2. The van der Waals surface area contributed by atoms with E-state index in [1.807, 2.05) is 37.3 Å². The van der Waals surface area contributed by atoms with Crippen molar-refractivity contribution in [2.24, 2.45) is 5.92 Å². The summed E-state index contributed by atoms with van der Waals surface area (Å²) in [6.07, 6.45) is 3.60. The van der Waals surface area contributed by atoms with Gasteiger partial charge in [0.15, 0.2) is 11.5 Å². The number of aliphatic hydroxyl groups is 1. The molecule has 184 valence electrons. The lowest BCUT2D eigenvalue weighted by Crippen LogP contribution is -2.81.